The minimum Gasteiger partial charge on any atom is -0.204 e. The van der Waals surface area contributed by atoms with Crippen molar-refractivity contribution in [2.75, 3.05) is 0 Å². The first kappa shape index (κ1) is 12.6. The largest absolute Gasteiger partial charge is 0.215 e. The van der Waals surface area contributed by atoms with Crippen LogP contribution in [0.3, 0.4) is 0 Å². The van der Waals surface area contributed by atoms with Crippen LogP contribution >= 0.6 is 7.53 Å². The summed E-state index contributed by atoms with van der Waals surface area (Å²) in [5, 5.41) is 1.83. The number of fused-ring (bicyclic) bond motifs is 1. The van der Waals surface area contributed by atoms with Crippen LogP contribution in [0.4, 0.5) is 0 Å². The van der Waals surface area contributed by atoms with Gasteiger partial charge in [0.15, 0.2) is 0 Å². The van der Waals surface area contributed by atoms with Crippen LogP contribution in [-0.2, 0) is 10.6 Å². The number of rotatable bonds is 0. The average molecular weight is 248 g/mol. The van der Waals surface area contributed by atoms with Gasteiger partial charge in [-0.25, -0.2) is 4.98 Å². The Balaban J connectivity index is 2.84. The molecule has 0 saturated carbocycles. The van der Waals surface area contributed by atoms with Gasteiger partial charge in [0.05, 0.1) is 10.5 Å². The van der Waals surface area contributed by atoms with Crippen LogP contribution in [0.1, 0.15) is 47.0 Å². The maximum Gasteiger partial charge on any atom is 0.215 e. The highest BCUT2D eigenvalue weighted by atomic mass is 31.1. The third-order valence-corrected chi connectivity index (χ3v) is 6.45. The molecule has 1 unspecified atom stereocenters. The minimum absolute atomic E-state index is 0.220. The lowest BCUT2D eigenvalue weighted by molar-refractivity contribution is -0.357. The molecule has 0 aliphatic heterocycles. The summed E-state index contributed by atoms with van der Waals surface area (Å²) >= 11 is 0. The second-order valence-electron chi connectivity index (χ2n) is 6.75. The Morgan fingerprint density at radius 1 is 0.941 bits per heavy atom. The van der Waals surface area contributed by atoms with Crippen LogP contribution in [0.2, 0.25) is 0 Å². The SMILES string of the molecule is CC(C)(C)c1[nH+]c2ccccc2p1C(C)(C)C. The number of aromatic amines is 1. The van der Waals surface area contributed by atoms with Gasteiger partial charge in [-0.1, -0.05) is 32.9 Å². The molecule has 2 aromatic rings. The van der Waals surface area contributed by atoms with Crippen molar-refractivity contribution in [2.24, 2.45) is 0 Å². The van der Waals surface area contributed by atoms with Crippen LogP contribution in [0.15, 0.2) is 24.3 Å². The molecule has 1 aromatic heterocycles. The van der Waals surface area contributed by atoms with Gasteiger partial charge in [0, 0.05) is 11.2 Å². The van der Waals surface area contributed by atoms with Crippen molar-refractivity contribution in [3.8, 4) is 0 Å². The van der Waals surface area contributed by atoms with E-state index < -0.39 is 0 Å². The van der Waals surface area contributed by atoms with Crippen LogP contribution in [0.25, 0.3) is 10.6 Å². The van der Waals surface area contributed by atoms with Gasteiger partial charge < -0.3 is 0 Å². The molecule has 1 heterocycles. The fraction of sp³-hybridized carbons (Fsp3) is 0.533. The van der Waals surface area contributed by atoms with Crippen molar-refractivity contribution < 1.29 is 4.98 Å². The fourth-order valence-electron chi connectivity index (χ4n) is 2.30. The third-order valence-electron chi connectivity index (χ3n) is 3.00. The summed E-state index contributed by atoms with van der Waals surface area (Å²) in [5.41, 5.74) is 3.05. The number of H-pyrrole nitrogens is 1. The van der Waals surface area contributed by atoms with Crippen LogP contribution in [0, 0.1) is 0 Å². The normalized spacial score (nSPS) is 14.4. The number of aromatic nitrogens is 1. The Hall–Kier alpha value is -0.810. The minimum atomic E-state index is -0.248. The van der Waals surface area contributed by atoms with Crippen molar-refractivity contribution in [1.82, 2.24) is 0 Å². The van der Waals surface area contributed by atoms with Gasteiger partial charge in [-0.15, -0.1) is 0 Å². The zero-order valence-electron chi connectivity index (χ0n) is 11.8. The standard InChI is InChI=1S/C15H22NP/c1-14(2,3)13-16-11-9-7-8-10-12(11)17(13)15(4,5)6/h7-10H,1-6H3/p+1. The van der Waals surface area contributed by atoms with E-state index in [4.69, 9.17) is 0 Å². The highest BCUT2D eigenvalue weighted by Gasteiger charge is 2.34. The first-order chi connectivity index (χ1) is 7.71. The van der Waals surface area contributed by atoms with Gasteiger partial charge in [0.25, 0.3) is 0 Å². The van der Waals surface area contributed by atoms with E-state index in [-0.39, 0.29) is 12.9 Å². The van der Waals surface area contributed by atoms with Crippen LogP contribution in [-0.4, -0.2) is 0 Å². The van der Waals surface area contributed by atoms with E-state index in [0.29, 0.717) is 5.16 Å². The Kier molecular flexibility index (Phi) is 2.86. The lowest BCUT2D eigenvalue weighted by Crippen LogP contribution is -2.22. The fourth-order valence-corrected chi connectivity index (χ4v) is 5.44. The Labute approximate surface area is 105 Å². The molecule has 1 atom stereocenters. The lowest BCUT2D eigenvalue weighted by atomic mass is 9.98. The number of benzene rings is 1. The van der Waals surface area contributed by atoms with Gasteiger partial charge >= 0.3 is 0 Å². The van der Waals surface area contributed by atoms with Gasteiger partial charge in [-0.3, -0.25) is 0 Å². The molecule has 92 valence electrons. The van der Waals surface area contributed by atoms with Gasteiger partial charge in [0.2, 0.25) is 10.9 Å². The number of hydrogen-bond donors (Lipinski definition) is 0. The van der Waals surface area contributed by atoms with E-state index in [1.165, 1.54) is 16.1 Å². The van der Waals surface area contributed by atoms with E-state index in [1.807, 2.05) is 0 Å². The number of para-hydroxylation sites is 1. The Morgan fingerprint density at radius 2 is 1.53 bits per heavy atom. The molecule has 0 spiro atoms. The summed E-state index contributed by atoms with van der Waals surface area (Å²) in [4.78, 5) is 3.68. The van der Waals surface area contributed by atoms with Gasteiger partial charge in [-0.05, 0) is 34.4 Å². The molecule has 1 nitrogen and oxygen atoms in total. The molecule has 0 fully saturated rings. The summed E-state index contributed by atoms with van der Waals surface area (Å²) in [6.07, 6.45) is 0. The average Bonchev–Trinajstić information content (AvgIpc) is 2.54. The molecule has 0 bridgehead atoms. The molecule has 0 radical (unpaired) electrons. The lowest BCUT2D eigenvalue weighted by Gasteiger charge is -2.23. The van der Waals surface area contributed by atoms with Gasteiger partial charge in [0.1, 0.15) is 0 Å². The summed E-state index contributed by atoms with van der Waals surface area (Å²) < 4.78 is 0. The van der Waals surface area contributed by atoms with E-state index in [0.717, 1.165) is 0 Å². The molecular formula is C15H23NP+. The molecule has 0 aliphatic carbocycles. The second-order valence-corrected chi connectivity index (χ2v) is 9.69. The number of nitrogens with one attached hydrogen (secondary N) is 1. The zero-order chi connectivity index (χ0) is 12.8. The number of hydrogen-bond acceptors (Lipinski definition) is 0. The first-order valence-corrected chi connectivity index (χ1v) is 7.59. The smallest absolute Gasteiger partial charge is 0.204 e. The molecule has 1 N–H and O–H groups in total. The zero-order valence-corrected chi connectivity index (χ0v) is 12.7. The molecule has 0 amide bonds. The molecule has 2 rings (SSSR count). The predicted molar refractivity (Wildman–Crippen MR) is 76.9 cm³/mol. The molecule has 1 aromatic carbocycles. The van der Waals surface area contributed by atoms with Crippen molar-refractivity contribution in [2.45, 2.75) is 52.1 Å². The van der Waals surface area contributed by atoms with E-state index in [9.17, 15) is 0 Å². The summed E-state index contributed by atoms with van der Waals surface area (Å²) in [6, 6.07) is 8.77. The summed E-state index contributed by atoms with van der Waals surface area (Å²) in [6.45, 7) is 14.0. The first-order valence-electron chi connectivity index (χ1n) is 6.25. The van der Waals surface area contributed by atoms with E-state index >= 15 is 0 Å². The maximum atomic E-state index is 3.68. The maximum absolute atomic E-state index is 3.68. The molecular weight excluding hydrogens is 225 g/mol. The molecule has 17 heavy (non-hydrogen) atoms. The predicted octanol–water partition coefficient (Wildman–Crippen LogP) is 4.69. The van der Waals surface area contributed by atoms with Crippen LogP contribution < -0.4 is 4.98 Å². The van der Waals surface area contributed by atoms with Crippen molar-refractivity contribution in [1.29, 1.82) is 0 Å². The van der Waals surface area contributed by atoms with Crippen molar-refractivity contribution in [3.63, 3.8) is 0 Å². The quantitative estimate of drug-likeness (QED) is 0.642. The van der Waals surface area contributed by atoms with Crippen molar-refractivity contribution >= 4 is 18.2 Å². The summed E-state index contributed by atoms with van der Waals surface area (Å²) in [7, 11) is -0.248. The Morgan fingerprint density at radius 3 is 2.06 bits per heavy atom. The highest BCUT2D eigenvalue weighted by molar-refractivity contribution is 7.57. The Bertz CT molecular complexity index is 538. The highest BCUT2D eigenvalue weighted by Crippen LogP contribution is 2.54. The van der Waals surface area contributed by atoms with Gasteiger partial charge in [-0.2, -0.15) is 0 Å². The van der Waals surface area contributed by atoms with E-state index in [1.54, 1.807) is 0 Å². The summed E-state index contributed by atoms with van der Waals surface area (Å²) in [5.74, 6) is 0. The van der Waals surface area contributed by atoms with Crippen molar-refractivity contribution in [3.05, 3.63) is 29.7 Å². The second kappa shape index (κ2) is 3.85. The topological polar surface area (TPSA) is 14.1 Å². The monoisotopic (exact) mass is 248 g/mol. The molecule has 0 saturated heterocycles. The molecule has 2 heteroatoms. The molecule has 0 aliphatic rings. The van der Waals surface area contributed by atoms with Crippen LogP contribution in [0.5, 0.6) is 0 Å². The third kappa shape index (κ3) is 2.26. The van der Waals surface area contributed by atoms with E-state index in [2.05, 4.69) is 70.8 Å².